The summed E-state index contributed by atoms with van der Waals surface area (Å²) in [6.07, 6.45) is 5.63. The molecule has 27 heavy (non-hydrogen) atoms. The molecule has 3 rings (SSSR count). The van der Waals surface area contributed by atoms with Crippen LogP contribution in [0, 0.1) is 5.92 Å². The normalized spacial score (nSPS) is 16.3. The number of pyridine rings is 1. The molecule has 0 saturated carbocycles. The summed E-state index contributed by atoms with van der Waals surface area (Å²) in [4.78, 5) is 6.73. The summed E-state index contributed by atoms with van der Waals surface area (Å²) < 4.78 is 33.1. The van der Waals surface area contributed by atoms with E-state index in [9.17, 15) is 8.42 Å². The lowest BCUT2D eigenvalue weighted by Gasteiger charge is -2.32. The van der Waals surface area contributed by atoms with Gasteiger partial charge >= 0.3 is 0 Å². The van der Waals surface area contributed by atoms with Gasteiger partial charge < -0.3 is 4.74 Å². The van der Waals surface area contributed by atoms with E-state index in [0.29, 0.717) is 24.8 Å². The van der Waals surface area contributed by atoms with Crippen LogP contribution in [0.4, 0.5) is 0 Å². The van der Waals surface area contributed by atoms with E-state index < -0.39 is 10.0 Å². The van der Waals surface area contributed by atoms with Crippen molar-refractivity contribution in [2.75, 3.05) is 26.2 Å². The number of sulfonamides is 1. The first-order chi connectivity index (χ1) is 13.1. The molecule has 1 aromatic carbocycles. The maximum atomic E-state index is 12.5. The maximum absolute atomic E-state index is 12.5. The second-order valence-corrected chi connectivity index (χ2v) is 8.60. The van der Waals surface area contributed by atoms with Crippen LogP contribution in [-0.4, -0.2) is 44.5 Å². The highest BCUT2D eigenvalue weighted by Crippen LogP contribution is 2.20. The van der Waals surface area contributed by atoms with Crippen LogP contribution in [0.2, 0.25) is 0 Å². The fourth-order valence-electron chi connectivity index (χ4n) is 3.29. The summed E-state index contributed by atoms with van der Waals surface area (Å²) in [6.45, 7) is 5.83. The molecule has 0 unspecified atom stereocenters. The van der Waals surface area contributed by atoms with E-state index in [1.807, 2.05) is 31.5 Å². The molecule has 0 aliphatic carbocycles. The molecular weight excluding hydrogens is 362 g/mol. The summed E-state index contributed by atoms with van der Waals surface area (Å²) in [5, 5.41) is 0. The van der Waals surface area contributed by atoms with Crippen molar-refractivity contribution in [1.82, 2.24) is 14.6 Å². The molecule has 0 bridgehead atoms. The average molecular weight is 390 g/mol. The molecule has 0 atom stereocenters. The molecule has 0 radical (unpaired) electrons. The average Bonchev–Trinajstić information content (AvgIpc) is 2.69. The Morgan fingerprint density at radius 3 is 2.41 bits per heavy atom. The fraction of sp³-hybridized carbons (Fsp3) is 0.450. The first-order valence-electron chi connectivity index (χ1n) is 9.40. The minimum Gasteiger partial charge on any atom is -0.494 e. The van der Waals surface area contributed by atoms with Crippen LogP contribution >= 0.6 is 0 Å². The quantitative estimate of drug-likeness (QED) is 0.752. The first kappa shape index (κ1) is 19.8. The van der Waals surface area contributed by atoms with Crippen LogP contribution in [0.15, 0.2) is 53.7 Å². The predicted molar refractivity (Wildman–Crippen MR) is 105 cm³/mol. The summed E-state index contributed by atoms with van der Waals surface area (Å²) in [7, 11) is -3.48. The summed E-state index contributed by atoms with van der Waals surface area (Å²) in [5.41, 5.74) is 1.26. The lowest BCUT2D eigenvalue weighted by Crippen LogP contribution is -2.38. The van der Waals surface area contributed by atoms with Gasteiger partial charge in [-0.3, -0.25) is 9.88 Å². The Morgan fingerprint density at radius 2 is 1.78 bits per heavy atom. The van der Waals surface area contributed by atoms with E-state index >= 15 is 0 Å². The Hall–Kier alpha value is -1.96. The molecule has 1 aromatic heterocycles. The lowest BCUT2D eigenvalue weighted by atomic mass is 9.97. The van der Waals surface area contributed by atoms with Crippen molar-refractivity contribution >= 4 is 10.0 Å². The highest BCUT2D eigenvalue weighted by molar-refractivity contribution is 7.89. The summed E-state index contributed by atoms with van der Waals surface area (Å²) in [6, 6.07) is 10.6. The zero-order valence-electron chi connectivity index (χ0n) is 15.7. The standard InChI is InChI=1S/C20H27N3O3S/c1-2-26-19-3-5-20(6-4-19)27(24,25)22-15-17-9-13-23(14-10-17)16-18-7-11-21-12-8-18/h3-8,11-12,17,22H,2,9-10,13-16H2,1H3. The predicted octanol–water partition coefficient (Wildman–Crippen LogP) is 2.67. The summed E-state index contributed by atoms with van der Waals surface area (Å²) in [5.74, 6) is 1.05. The third-order valence-corrected chi connectivity index (χ3v) is 6.31. The zero-order chi connectivity index (χ0) is 19.1. The number of piperidine rings is 1. The van der Waals surface area contributed by atoms with E-state index in [-0.39, 0.29) is 4.90 Å². The molecule has 0 amide bonds. The van der Waals surface area contributed by atoms with E-state index in [1.54, 1.807) is 24.3 Å². The number of hydrogen-bond acceptors (Lipinski definition) is 5. The first-order valence-corrected chi connectivity index (χ1v) is 10.9. The van der Waals surface area contributed by atoms with Crippen molar-refractivity contribution < 1.29 is 13.2 Å². The van der Waals surface area contributed by atoms with Gasteiger partial charge in [0.2, 0.25) is 10.0 Å². The second kappa shape index (κ2) is 9.30. The molecule has 1 saturated heterocycles. The van der Waals surface area contributed by atoms with E-state index in [0.717, 1.165) is 32.5 Å². The van der Waals surface area contributed by atoms with Crippen molar-refractivity contribution in [3.63, 3.8) is 0 Å². The Morgan fingerprint density at radius 1 is 1.11 bits per heavy atom. The van der Waals surface area contributed by atoms with Crippen molar-refractivity contribution in [2.45, 2.75) is 31.2 Å². The molecule has 146 valence electrons. The SMILES string of the molecule is CCOc1ccc(S(=O)(=O)NCC2CCN(Cc3ccncc3)CC2)cc1. The molecule has 1 fully saturated rings. The van der Waals surface area contributed by atoms with Gasteiger partial charge in [-0.05, 0) is 80.7 Å². The van der Waals surface area contributed by atoms with Crippen LogP contribution in [0.25, 0.3) is 0 Å². The second-order valence-electron chi connectivity index (χ2n) is 6.83. The van der Waals surface area contributed by atoms with E-state index in [2.05, 4.69) is 14.6 Å². The number of likely N-dealkylation sites (tertiary alicyclic amines) is 1. The Labute approximate surface area is 161 Å². The minimum atomic E-state index is -3.48. The van der Waals surface area contributed by atoms with Gasteiger partial charge in [-0.1, -0.05) is 0 Å². The van der Waals surface area contributed by atoms with Crippen molar-refractivity contribution in [2.24, 2.45) is 5.92 Å². The van der Waals surface area contributed by atoms with Crippen LogP contribution in [0.1, 0.15) is 25.3 Å². The van der Waals surface area contributed by atoms with Crippen LogP contribution < -0.4 is 9.46 Å². The fourth-order valence-corrected chi connectivity index (χ4v) is 4.40. The zero-order valence-corrected chi connectivity index (χ0v) is 16.5. The highest BCUT2D eigenvalue weighted by atomic mass is 32.2. The van der Waals surface area contributed by atoms with Gasteiger partial charge in [-0.25, -0.2) is 13.1 Å². The molecule has 1 aliphatic heterocycles. The molecule has 1 aliphatic rings. The van der Waals surface area contributed by atoms with E-state index in [4.69, 9.17) is 4.74 Å². The van der Waals surface area contributed by atoms with Crippen molar-refractivity contribution in [3.8, 4) is 5.75 Å². The molecule has 2 heterocycles. The van der Waals surface area contributed by atoms with Gasteiger partial charge in [0.15, 0.2) is 0 Å². The third-order valence-electron chi connectivity index (χ3n) is 4.87. The monoisotopic (exact) mass is 389 g/mol. The smallest absolute Gasteiger partial charge is 0.240 e. The molecular formula is C20H27N3O3S. The van der Waals surface area contributed by atoms with Crippen molar-refractivity contribution in [1.29, 1.82) is 0 Å². The third kappa shape index (κ3) is 5.76. The number of nitrogens with one attached hydrogen (secondary N) is 1. The van der Waals surface area contributed by atoms with Gasteiger partial charge in [0.1, 0.15) is 5.75 Å². The van der Waals surface area contributed by atoms with Crippen molar-refractivity contribution in [3.05, 3.63) is 54.4 Å². The van der Waals surface area contributed by atoms with Crippen LogP contribution in [0.5, 0.6) is 5.75 Å². The molecule has 6 nitrogen and oxygen atoms in total. The van der Waals surface area contributed by atoms with Crippen LogP contribution in [0.3, 0.4) is 0 Å². The number of rotatable bonds is 8. The molecule has 2 aromatic rings. The van der Waals surface area contributed by atoms with Gasteiger partial charge in [-0.2, -0.15) is 0 Å². The number of aromatic nitrogens is 1. The molecule has 7 heteroatoms. The lowest BCUT2D eigenvalue weighted by molar-refractivity contribution is 0.178. The van der Waals surface area contributed by atoms with Gasteiger partial charge in [0.25, 0.3) is 0 Å². The number of nitrogens with zero attached hydrogens (tertiary/aromatic N) is 2. The maximum Gasteiger partial charge on any atom is 0.240 e. The Balaban J connectivity index is 1.46. The molecule has 0 spiro atoms. The number of ether oxygens (including phenoxy) is 1. The Bertz CT molecular complexity index is 802. The number of hydrogen-bond donors (Lipinski definition) is 1. The highest BCUT2D eigenvalue weighted by Gasteiger charge is 2.22. The van der Waals surface area contributed by atoms with Crippen LogP contribution in [-0.2, 0) is 16.6 Å². The van der Waals surface area contributed by atoms with E-state index in [1.165, 1.54) is 5.56 Å². The van der Waals surface area contributed by atoms with Gasteiger partial charge in [0.05, 0.1) is 11.5 Å². The van der Waals surface area contributed by atoms with Gasteiger partial charge in [0, 0.05) is 25.5 Å². The summed E-state index contributed by atoms with van der Waals surface area (Å²) >= 11 is 0. The van der Waals surface area contributed by atoms with Gasteiger partial charge in [-0.15, -0.1) is 0 Å². The number of benzene rings is 1. The minimum absolute atomic E-state index is 0.279. The topological polar surface area (TPSA) is 71.5 Å². The molecule has 1 N–H and O–H groups in total. The largest absolute Gasteiger partial charge is 0.494 e. The Kier molecular flexibility index (Phi) is 6.82.